The molecule has 3 amide bonds. The van der Waals surface area contributed by atoms with Gasteiger partial charge >= 0.3 is 0 Å². The van der Waals surface area contributed by atoms with Gasteiger partial charge in [-0.1, -0.05) is 0 Å². The zero-order chi connectivity index (χ0) is 24.6. The quantitative estimate of drug-likeness (QED) is 0.558. The molecule has 3 fully saturated rings. The van der Waals surface area contributed by atoms with Crippen molar-refractivity contribution in [2.24, 2.45) is 0 Å². The molecule has 4 rings (SSSR count). The Labute approximate surface area is 207 Å². The fourth-order valence-corrected chi connectivity index (χ4v) is 4.95. The Balaban J connectivity index is 1.30. The summed E-state index contributed by atoms with van der Waals surface area (Å²) in [5.41, 5.74) is 0.532. The van der Waals surface area contributed by atoms with Crippen molar-refractivity contribution in [1.29, 1.82) is 0 Å². The smallest absolute Gasteiger partial charge is 0.260 e. The first-order valence-corrected chi connectivity index (χ1v) is 13.0. The van der Waals surface area contributed by atoms with Crippen LogP contribution in [0, 0.1) is 0 Å². The molecular weight excluding hydrogens is 448 g/mol. The van der Waals surface area contributed by atoms with Gasteiger partial charge in [0.25, 0.3) is 11.8 Å². The lowest BCUT2D eigenvalue weighted by Gasteiger charge is -2.35. The first-order chi connectivity index (χ1) is 17.0. The second-order valence-corrected chi connectivity index (χ2v) is 9.48. The predicted molar refractivity (Wildman–Crippen MR) is 132 cm³/mol. The van der Waals surface area contributed by atoms with Crippen molar-refractivity contribution in [3.05, 3.63) is 23.8 Å². The van der Waals surface area contributed by atoms with Crippen molar-refractivity contribution < 1.29 is 23.9 Å². The molecule has 3 aliphatic heterocycles. The summed E-state index contributed by atoms with van der Waals surface area (Å²) in [4.78, 5) is 45.8. The van der Waals surface area contributed by atoms with Crippen LogP contribution in [0.25, 0.3) is 0 Å². The molecule has 0 spiro atoms. The normalized spacial score (nSPS) is 19.1. The maximum absolute atomic E-state index is 13.2. The molecule has 3 saturated heterocycles. The molecule has 0 saturated carbocycles. The third kappa shape index (κ3) is 6.66. The Bertz CT molecular complexity index is 888. The minimum Gasteiger partial charge on any atom is -0.490 e. The molecule has 0 radical (unpaired) electrons. The van der Waals surface area contributed by atoms with Crippen LogP contribution < -0.4 is 9.47 Å². The van der Waals surface area contributed by atoms with Gasteiger partial charge in [0.1, 0.15) is 0 Å². The third-order valence-corrected chi connectivity index (χ3v) is 7.03. The van der Waals surface area contributed by atoms with E-state index in [-0.39, 0.29) is 24.3 Å². The van der Waals surface area contributed by atoms with Crippen LogP contribution in [0.15, 0.2) is 18.2 Å². The fraction of sp³-hybridized carbons (Fsp3) is 0.654. The molecule has 0 atom stereocenters. The Hall–Kier alpha value is -2.81. The number of piperazine rings is 1. The number of amides is 3. The SMILES string of the molecule is CCOc1cc(C(=O)N2CCN(CC(=O)N3CCCC3)CC2)ccc1OCC(=O)N1CCCCC1. The van der Waals surface area contributed by atoms with E-state index in [0.29, 0.717) is 56.4 Å². The highest BCUT2D eigenvalue weighted by molar-refractivity contribution is 5.95. The summed E-state index contributed by atoms with van der Waals surface area (Å²) in [6.45, 7) is 8.53. The monoisotopic (exact) mass is 486 g/mol. The number of hydrogen-bond acceptors (Lipinski definition) is 6. The minimum atomic E-state index is -0.0626. The highest BCUT2D eigenvalue weighted by Crippen LogP contribution is 2.29. The number of hydrogen-bond donors (Lipinski definition) is 0. The number of carbonyl (C=O) groups excluding carboxylic acids is 3. The van der Waals surface area contributed by atoms with E-state index in [0.717, 1.165) is 51.9 Å². The molecule has 0 aromatic heterocycles. The number of benzene rings is 1. The number of likely N-dealkylation sites (tertiary alicyclic amines) is 2. The largest absolute Gasteiger partial charge is 0.490 e. The fourth-order valence-electron chi connectivity index (χ4n) is 4.95. The van der Waals surface area contributed by atoms with Gasteiger partial charge in [0, 0.05) is 57.9 Å². The van der Waals surface area contributed by atoms with Gasteiger partial charge in [0.15, 0.2) is 18.1 Å². The van der Waals surface area contributed by atoms with Gasteiger partial charge in [-0.15, -0.1) is 0 Å². The summed E-state index contributed by atoms with van der Waals surface area (Å²) < 4.78 is 11.5. The van der Waals surface area contributed by atoms with Crippen LogP contribution in [-0.4, -0.2) is 109 Å². The number of nitrogens with zero attached hydrogens (tertiary/aromatic N) is 4. The van der Waals surface area contributed by atoms with Crippen LogP contribution in [0.2, 0.25) is 0 Å². The average Bonchev–Trinajstić information content (AvgIpc) is 3.44. The van der Waals surface area contributed by atoms with Crippen molar-refractivity contribution >= 4 is 17.7 Å². The molecule has 1 aromatic carbocycles. The van der Waals surface area contributed by atoms with Crippen LogP contribution in [0.3, 0.4) is 0 Å². The molecule has 35 heavy (non-hydrogen) atoms. The summed E-state index contributed by atoms with van der Waals surface area (Å²) >= 11 is 0. The summed E-state index contributed by atoms with van der Waals surface area (Å²) in [5.74, 6) is 1.05. The van der Waals surface area contributed by atoms with Gasteiger partial charge in [0.05, 0.1) is 13.2 Å². The molecule has 0 N–H and O–H groups in total. The highest BCUT2D eigenvalue weighted by Gasteiger charge is 2.26. The van der Waals surface area contributed by atoms with E-state index in [1.165, 1.54) is 6.42 Å². The Morgan fingerprint density at radius 1 is 0.714 bits per heavy atom. The number of rotatable bonds is 8. The molecule has 3 aliphatic rings. The molecule has 0 bridgehead atoms. The van der Waals surface area contributed by atoms with Crippen molar-refractivity contribution in [3.8, 4) is 11.5 Å². The lowest BCUT2D eigenvalue weighted by molar-refractivity contribution is -0.134. The molecule has 9 heteroatoms. The van der Waals surface area contributed by atoms with Gasteiger partial charge in [-0.2, -0.15) is 0 Å². The lowest BCUT2D eigenvalue weighted by Crippen LogP contribution is -2.51. The van der Waals surface area contributed by atoms with E-state index in [4.69, 9.17) is 9.47 Å². The Kier molecular flexibility index (Phi) is 8.84. The summed E-state index contributed by atoms with van der Waals surface area (Å²) in [6.07, 6.45) is 5.43. The number of ether oxygens (including phenoxy) is 2. The zero-order valence-electron chi connectivity index (χ0n) is 20.9. The van der Waals surface area contributed by atoms with E-state index >= 15 is 0 Å². The summed E-state index contributed by atoms with van der Waals surface area (Å²) in [7, 11) is 0. The van der Waals surface area contributed by atoms with Crippen LogP contribution >= 0.6 is 0 Å². The topological polar surface area (TPSA) is 82.6 Å². The van der Waals surface area contributed by atoms with Gasteiger partial charge in [-0.05, 0) is 57.2 Å². The van der Waals surface area contributed by atoms with E-state index < -0.39 is 0 Å². The predicted octanol–water partition coefficient (Wildman–Crippen LogP) is 1.86. The maximum Gasteiger partial charge on any atom is 0.260 e. The van der Waals surface area contributed by atoms with Gasteiger partial charge in [-0.25, -0.2) is 0 Å². The molecule has 0 aliphatic carbocycles. The van der Waals surface area contributed by atoms with E-state index in [1.54, 1.807) is 18.2 Å². The highest BCUT2D eigenvalue weighted by atomic mass is 16.5. The van der Waals surface area contributed by atoms with Crippen molar-refractivity contribution in [3.63, 3.8) is 0 Å². The maximum atomic E-state index is 13.2. The number of piperidine rings is 1. The van der Waals surface area contributed by atoms with E-state index in [1.807, 2.05) is 21.6 Å². The molecule has 192 valence electrons. The van der Waals surface area contributed by atoms with Gasteiger partial charge in [-0.3, -0.25) is 19.3 Å². The molecule has 9 nitrogen and oxygen atoms in total. The Morgan fingerprint density at radius 3 is 2.00 bits per heavy atom. The van der Waals surface area contributed by atoms with Crippen LogP contribution in [0.1, 0.15) is 49.4 Å². The van der Waals surface area contributed by atoms with E-state index in [2.05, 4.69) is 4.90 Å². The second-order valence-electron chi connectivity index (χ2n) is 9.48. The van der Waals surface area contributed by atoms with Crippen LogP contribution in [0.4, 0.5) is 0 Å². The van der Waals surface area contributed by atoms with Crippen LogP contribution in [0.5, 0.6) is 11.5 Å². The Morgan fingerprint density at radius 2 is 1.34 bits per heavy atom. The average molecular weight is 487 g/mol. The summed E-state index contributed by atoms with van der Waals surface area (Å²) in [6, 6.07) is 5.15. The second kappa shape index (κ2) is 12.2. The van der Waals surface area contributed by atoms with Gasteiger partial charge < -0.3 is 24.2 Å². The molecule has 0 unspecified atom stereocenters. The van der Waals surface area contributed by atoms with Crippen molar-refractivity contribution in [1.82, 2.24) is 19.6 Å². The molecular formula is C26H38N4O5. The molecule has 3 heterocycles. The third-order valence-electron chi connectivity index (χ3n) is 7.03. The minimum absolute atomic E-state index is 0.0200. The number of carbonyl (C=O) groups is 3. The van der Waals surface area contributed by atoms with Crippen molar-refractivity contribution in [2.45, 2.75) is 39.0 Å². The van der Waals surface area contributed by atoms with Crippen LogP contribution in [-0.2, 0) is 9.59 Å². The van der Waals surface area contributed by atoms with Crippen molar-refractivity contribution in [2.75, 3.05) is 72.1 Å². The molecule has 1 aromatic rings. The standard InChI is InChI=1S/C26H38N4O5/c1-2-34-23-18-21(8-9-22(23)35-20-25(32)29-10-4-3-5-11-29)26(33)30-16-14-27(15-17-30)19-24(31)28-12-6-7-13-28/h8-9,18H,2-7,10-17,19-20H2,1H3. The van der Waals surface area contributed by atoms with E-state index in [9.17, 15) is 14.4 Å². The first-order valence-electron chi connectivity index (χ1n) is 13.0. The zero-order valence-corrected chi connectivity index (χ0v) is 20.9. The first kappa shape index (κ1) is 25.3. The lowest BCUT2D eigenvalue weighted by atomic mass is 10.1. The summed E-state index contributed by atoms with van der Waals surface area (Å²) in [5, 5.41) is 0. The van der Waals surface area contributed by atoms with Gasteiger partial charge in [0.2, 0.25) is 5.91 Å².